The van der Waals surface area contributed by atoms with Crippen molar-refractivity contribution >= 4 is 70.8 Å². The van der Waals surface area contributed by atoms with Crippen molar-refractivity contribution in [3.8, 4) is 16.8 Å². The molecule has 1 atom stereocenters. The second-order valence-corrected chi connectivity index (χ2v) is 12.8. The number of aromatic nitrogens is 1. The second-order valence-electron chi connectivity index (χ2n) is 10.6. The highest BCUT2D eigenvalue weighted by atomic mass is 32.2. The van der Waals surface area contributed by atoms with Gasteiger partial charge in [-0.2, -0.15) is 0 Å². The van der Waals surface area contributed by atoms with Crippen LogP contribution in [0.2, 0.25) is 0 Å². The number of hydrogen-bond donors (Lipinski definition) is 1. The Morgan fingerprint density at radius 2 is 1.32 bits per heavy atom. The molecule has 0 saturated carbocycles. The Labute approximate surface area is 245 Å². The van der Waals surface area contributed by atoms with E-state index < -0.39 is 0 Å². The zero-order valence-electron chi connectivity index (χ0n) is 22.0. The van der Waals surface area contributed by atoms with Crippen molar-refractivity contribution in [2.24, 2.45) is 0 Å². The highest BCUT2D eigenvalue weighted by Crippen LogP contribution is 2.52. The maximum Gasteiger partial charge on any atom is 0.103 e. The number of benzene rings is 6. The van der Waals surface area contributed by atoms with Crippen molar-refractivity contribution < 1.29 is 0 Å². The Balaban J connectivity index is 1.11. The molecule has 0 bridgehead atoms. The fraction of sp³-hybridized carbons (Fsp3) is 0.0270. The molecule has 6 aromatic carbocycles. The minimum Gasteiger partial charge on any atom is -0.368 e. The summed E-state index contributed by atoms with van der Waals surface area (Å²) in [6, 6.07) is 48.6. The molecule has 0 amide bonds. The average Bonchev–Trinajstić information content (AvgIpc) is 3.73. The molecular formula is C37H24N2S2. The van der Waals surface area contributed by atoms with E-state index in [4.69, 9.17) is 0 Å². The van der Waals surface area contributed by atoms with Gasteiger partial charge in [-0.05, 0) is 65.2 Å². The van der Waals surface area contributed by atoms with E-state index in [0.717, 1.165) is 0 Å². The van der Waals surface area contributed by atoms with Crippen LogP contribution in [0.3, 0.4) is 0 Å². The van der Waals surface area contributed by atoms with Crippen LogP contribution in [0, 0.1) is 0 Å². The molecule has 0 saturated heterocycles. The molecule has 41 heavy (non-hydrogen) atoms. The number of hydrogen-bond acceptors (Lipinski definition) is 3. The summed E-state index contributed by atoms with van der Waals surface area (Å²) in [5.74, 6) is 0. The lowest BCUT2D eigenvalue weighted by Crippen LogP contribution is -2.01. The summed E-state index contributed by atoms with van der Waals surface area (Å²) in [4.78, 5) is 1.37. The first kappa shape index (κ1) is 23.2. The lowest BCUT2D eigenvalue weighted by molar-refractivity contribution is 1.12. The number of nitrogens with zero attached hydrogens (tertiary/aromatic N) is 1. The van der Waals surface area contributed by atoms with E-state index in [9.17, 15) is 0 Å². The van der Waals surface area contributed by atoms with Crippen LogP contribution >= 0.6 is 23.1 Å². The van der Waals surface area contributed by atoms with E-state index in [2.05, 4.69) is 143 Å². The number of thiophene rings is 1. The molecule has 1 N–H and O–H groups in total. The second kappa shape index (κ2) is 9.00. The first-order chi connectivity index (χ1) is 20.3. The zero-order valence-corrected chi connectivity index (χ0v) is 23.7. The minimum absolute atomic E-state index is 0.190. The molecule has 0 aliphatic carbocycles. The van der Waals surface area contributed by atoms with Gasteiger partial charge in [0, 0.05) is 47.2 Å². The van der Waals surface area contributed by atoms with Crippen LogP contribution in [0.5, 0.6) is 0 Å². The third-order valence-electron chi connectivity index (χ3n) is 8.25. The summed E-state index contributed by atoms with van der Waals surface area (Å²) < 4.78 is 5.11. The largest absolute Gasteiger partial charge is 0.368 e. The molecule has 0 fully saturated rings. The fourth-order valence-electron chi connectivity index (χ4n) is 6.32. The quantitative estimate of drug-likeness (QED) is 0.231. The van der Waals surface area contributed by atoms with Gasteiger partial charge >= 0.3 is 0 Å². The van der Waals surface area contributed by atoms with Crippen molar-refractivity contribution in [2.75, 3.05) is 5.32 Å². The minimum atomic E-state index is 0.190. The molecule has 2 aromatic heterocycles. The summed E-state index contributed by atoms with van der Waals surface area (Å²) in [5.41, 5.74) is 8.64. The monoisotopic (exact) mass is 560 g/mol. The number of nitrogens with one attached hydrogen (secondary N) is 1. The van der Waals surface area contributed by atoms with E-state index in [1.807, 2.05) is 23.1 Å². The average molecular weight is 561 g/mol. The van der Waals surface area contributed by atoms with Gasteiger partial charge < -0.3 is 9.88 Å². The van der Waals surface area contributed by atoms with E-state index in [1.54, 1.807) is 0 Å². The SMILES string of the molecule is c1ccc(-c2ccc3c(c2)c2ccccc2n3-c2ccc(C3Nc4ccc5sc6ccccc6c5c4S3)cc2)cc1. The Morgan fingerprint density at radius 1 is 0.561 bits per heavy atom. The summed E-state index contributed by atoms with van der Waals surface area (Å²) >= 11 is 3.82. The van der Waals surface area contributed by atoms with Crippen LogP contribution in [-0.4, -0.2) is 4.57 Å². The Bertz CT molecular complexity index is 2260. The van der Waals surface area contributed by atoms with Gasteiger partial charge in [-0.15, -0.1) is 11.3 Å². The molecule has 0 spiro atoms. The molecular weight excluding hydrogens is 537 g/mol. The van der Waals surface area contributed by atoms with Crippen LogP contribution in [0.15, 0.2) is 138 Å². The van der Waals surface area contributed by atoms with E-state index in [-0.39, 0.29) is 5.37 Å². The molecule has 1 aliphatic heterocycles. The van der Waals surface area contributed by atoms with Gasteiger partial charge in [0.25, 0.3) is 0 Å². The molecule has 2 nitrogen and oxygen atoms in total. The standard InChI is InChI=1S/C37H24N2S2/c1-2-8-23(9-3-1)25-16-20-32-29(22-25)27-10-4-6-12-31(27)39(32)26-17-14-24(15-18-26)37-38-30-19-21-34-35(36(30)41-37)28-11-5-7-13-33(28)40-34/h1-22,37-38H. The highest BCUT2D eigenvalue weighted by Gasteiger charge is 2.26. The zero-order chi connectivity index (χ0) is 26.9. The van der Waals surface area contributed by atoms with Crippen LogP contribution in [-0.2, 0) is 0 Å². The van der Waals surface area contributed by atoms with Crippen LogP contribution in [0.4, 0.5) is 5.69 Å². The van der Waals surface area contributed by atoms with Crippen molar-refractivity contribution in [1.29, 1.82) is 0 Å². The predicted molar refractivity (Wildman–Crippen MR) is 178 cm³/mol. The molecule has 3 heterocycles. The van der Waals surface area contributed by atoms with Gasteiger partial charge in [-0.25, -0.2) is 0 Å². The summed E-state index contributed by atoms with van der Waals surface area (Å²) in [6.07, 6.45) is 0. The van der Waals surface area contributed by atoms with Gasteiger partial charge in [-0.1, -0.05) is 96.7 Å². The Hall–Kier alpha value is -4.51. The molecule has 8 aromatic rings. The highest BCUT2D eigenvalue weighted by molar-refractivity contribution is 8.00. The van der Waals surface area contributed by atoms with Gasteiger partial charge in [0.15, 0.2) is 0 Å². The third kappa shape index (κ3) is 3.58. The van der Waals surface area contributed by atoms with Gasteiger partial charge in [0.05, 0.1) is 11.0 Å². The lowest BCUT2D eigenvalue weighted by Gasteiger charge is -2.13. The van der Waals surface area contributed by atoms with Gasteiger partial charge in [0.2, 0.25) is 0 Å². The summed E-state index contributed by atoms with van der Waals surface area (Å²) in [5, 5.41) is 9.29. The van der Waals surface area contributed by atoms with Crippen molar-refractivity contribution in [1.82, 2.24) is 4.57 Å². The topological polar surface area (TPSA) is 17.0 Å². The van der Waals surface area contributed by atoms with Gasteiger partial charge in [-0.3, -0.25) is 0 Å². The Kier molecular flexibility index (Phi) is 5.10. The number of thioether (sulfide) groups is 1. The van der Waals surface area contributed by atoms with Crippen LogP contribution in [0.25, 0.3) is 58.8 Å². The first-order valence-corrected chi connectivity index (χ1v) is 15.6. The number of rotatable bonds is 3. The van der Waals surface area contributed by atoms with Crippen molar-refractivity contribution in [3.63, 3.8) is 0 Å². The maximum absolute atomic E-state index is 3.79. The summed E-state index contributed by atoms with van der Waals surface area (Å²) in [7, 11) is 0. The third-order valence-corrected chi connectivity index (χ3v) is 10.7. The Morgan fingerprint density at radius 3 is 2.20 bits per heavy atom. The van der Waals surface area contributed by atoms with E-state index >= 15 is 0 Å². The van der Waals surface area contributed by atoms with E-state index in [0.29, 0.717) is 0 Å². The number of anilines is 1. The first-order valence-electron chi connectivity index (χ1n) is 13.9. The van der Waals surface area contributed by atoms with Gasteiger partial charge in [0.1, 0.15) is 5.37 Å². The lowest BCUT2D eigenvalue weighted by atomic mass is 10.0. The van der Waals surface area contributed by atoms with Crippen LogP contribution in [0.1, 0.15) is 10.9 Å². The number of para-hydroxylation sites is 1. The van der Waals surface area contributed by atoms with Crippen molar-refractivity contribution in [3.05, 3.63) is 139 Å². The maximum atomic E-state index is 3.79. The molecule has 1 aliphatic rings. The molecule has 194 valence electrons. The molecule has 4 heteroatoms. The predicted octanol–water partition coefficient (Wildman–Crippen LogP) is 11.0. The van der Waals surface area contributed by atoms with Crippen molar-refractivity contribution in [2.45, 2.75) is 10.3 Å². The van der Waals surface area contributed by atoms with E-state index in [1.165, 1.54) is 74.9 Å². The number of fused-ring (bicyclic) bond motifs is 8. The molecule has 9 rings (SSSR count). The fourth-order valence-corrected chi connectivity index (χ4v) is 8.81. The molecule has 0 radical (unpaired) electrons. The molecule has 1 unspecified atom stereocenters. The summed E-state index contributed by atoms with van der Waals surface area (Å²) in [6.45, 7) is 0. The van der Waals surface area contributed by atoms with Crippen LogP contribution < -0.4 is 5.32 Å². The normalized spacial score (nSPS) is 14.7. The smallest absolute Gasteiger partial charge is 0.103 e.